The van der Waals surface area contributed by atoms with Crippen molar-refractivity contribution in [3.63, 3.8) is 0 Å². The van der Waals surface area contributed by atoms with Gasteiger partial charge in [-0.2, -0.15) is 13.5 Å². The molecule has 0 spiro atoms. The number of nitrogens with one attached hydrogen (secondary N) is 1. The number of aromatic nitrogens is 2. The molecule has 0 saturated heterocycles. The predicted molar refractivity (Wildman–Crippen MR) is 134 cm³/mol. The Morgan fingerprint density at radius 3 is 2.44 bits per heavy atom. The van der Waals surface area contributed by atoms with Gasteiger partial charge in [-0.1, -0.05) is 18.2 Å². The summed E-state index contributed by atoms with van der Waals surface area (Å²) in [5.41, 5.74) is 0.964. The highest BCUT2D eigenvalue weighted by Crippen LogP contribution is 2.26. The van der Waals surface area contributed by atoms with Crippen molar-refractivity contribution in [1.29, 1.82) is 0 Å². The molecule has 0 fully saturated rings. The van der Waals surface area contributed by atoms with Gasteiger partial charge in [-0.15, -0.1) is 11.3 Å². The number of ether oxygens (including phenoxy) is 1. The number of ketones is 1. The number of hydrogen-bond acceptors (Lipinski definition) is 6. The fourth-order valence-electron chi connectivity index (χ4n) is 2.79. The predicted octanol–water partition coefficient (Wildman–Crippen LogP) is 4.78. The van der Waals surface area contributed by atoms with Gasteiger partial charge in [-0.05, 0) is 47.6 Å². The minimum absolute atomic E-state index is 0. The molecule has 174 valence electrons. The molecule has 1 atom stereocenters. The number of fused-ring (bicyclic) bond motifs is 1. The lowest BCUT2D eigenvalue weighted by molar-refractivity contribution is 0.0544. The van der Waals surface area contributed by atoms with Gasteiger partial charge in [0.2, 0.25) is 5.78 Å². The first-order chi connectivity index (χ1) is 14.4. The Hall–Kier alpha value is -2.01. The molecule has 32 heavy (non-hydrogen) atoms. The van der Waals surface area contributed by atoms with E-state index < -0.39 is 27.4 Å². The third-order valence-corrected chi connectivity index (χ3v) is 6.64. The van der Waals surface area contributed by atoms with Crippen molar-refractivity contribution in [2.24, 2.45) is 0 Å². The number of carbonyl (C=O) groups excluding carboxylic acids is 2. The highest BCUT2D eigenvalue weighted by atomic mass is 32.2. The van der Waals surface area contributed by atoms with Gasteiger partial charge in [0.1, 0.15) is 5.60 Å². The summed E-state index contributed by atoms with van der Waals surface area (Å²) in [6, 6.07) is 7.19. The highest BCUT2D eigenvalue weighted by Gasteiger charge is 2.25. The van der Waals surface area contributed by atoms with Gasteiger partial charge >= 0.3 is 6.09 Å². The summed E-state index contributed by atoms with van der Waals surface area (Å²) in [4.78, 5) is 30.3. The summed E-state index contributed by atoms with van der Waals surface area (Å²) in [5, 5.41) is 2.74. The average Bonchev–Trinajstić information content (AvgIpc) is 3.28. The molecule has 0 bridgehead atoms. The van der Waals surface area contributed by atoms with E-state index in [1.807, 2.05) is 26.8 Å². The normalized spacial score (nSPS) is 12.9. The molecule has 0 unspecified atom stereocenters. The summed E-state index contributed by atoms with van der Waals surface area (Å²) >= 11 is 1.22. The highest BCUT2D eigenvalue weighted by molar-refractivity contribution is 7.84. The molecule has 1 N–H and O–H groups in total. The van der Waals surface area contributed by atoms with Crippen LogP contribution in [-0.2, 0) is 22.3 Å². The summed E-state index contributed by atoms with van der Waals surface area (Å²) in [6.45, 7) is 11.3. The van der Waals surface area contributed by atoms with Crippen molar-refractivity contribution in [2.45, 2.75) is 58.4 Å². The number of carbonyl (C=O) groups is 2. The molecular formula is C22H29N3O4S3. The van der Waals surface area contributed by atoms with E-state index in [1.54, 1.807) is 44.4 Å². The van der Waals surface area contributed by atoms with Crippen molar-refractivity contribution in [3.8, 4) is 0 Å². The van der Waals surface area contributed by atoms with E-state index in [0.717, 1.165) is 0 Å². The van der Waals surface area contributed by atoms with E-state index >= 15 is 0 Å². The third kappa shape index (κ3) is 6.06. The van der Waals surface area contributed by atoms with Crippen LogP contribution in [0.5, 0.6) is 0 Å². The lowest BCUT2D eigenvalue weighted by Gasteiger charge is -2.19. The average molecular weight is 496 g/mol. The molecule has 10 heteroatoms. The molecule has 7 nitrogen and oxygen atoms in total. The van der Waals surface area contributed by atoms with Crippen molar-refractivity contribution in [3.05, 3.63) is 52.1 Å². The Kier molecular flexibility index (Phi) is 8.09. The summed E-state index contributed by atoms with van der Waals surface area (Å²) in [5.74, 6) is -0.272. The molecule has 0 radical (unpaired) electrons. The van der Waals surface area contributed by atoms with Crippen molar-refractivity contribution in [1.82, 2.24) is 14.3 Å². The fourth-order valence-corrected chi connectivity index (χ4v) is 4.27. The molecule has 0 aliphatic carbocycles. The maximum Gasteiger partial charge on any atom is 0.419 e. The molecule has 0 amide bonds. The van der Waals surface area contributed by atoms with Crippen LogP contribution in [0.3, 0.4) is 0 Å². The van der Waals surface area contributed by atoms with Crippen LogP contribution in [0.2, 0.25) is 0 Å². The van der Waals surface area contributed by atoms with E-state index in [9.17, 15) is 13.8 Å². The van der Waals surface area contributed by atoms with Gasteiger partial charge in [0.25, 0.3) is 0 Å². The lowest BCUT2D eigenvalue weighted by atomic mass is 10.1. The SMILES string of the molecule is CC(C)(C)OC(=O)n1cc(C(=O)c2nc(CN[S@@](=O)C(C)(C)C)cs2)c2ccccc21.S. The van der Waals surface area contributed by atoms with E-state index in [0.29, 0.717) is 33.7 Å². The van der Waals surface area contributed by atoms with E-state index in [-0.39, 0.29) is 19.3 Å². The van der Waals surface area contributed by atoms with E-state index in [4.69, 9.17) is 4.74 Å². The third-order valence-electron chi connectivity index (χ3n) is 4.23. The Bertz CT molecular complexity index is 1150. The maximum absolute atomic E-state index is 13.2. The molecule has 0 aliphatic heterocycles. The second kappa shape index (κ2) is 9.86. The first-order valence-electron chi connectivity index (χ1n) is 9.85. The number of thiazole rings is 1. The summed E-state index contributed by atoms with van der Waals surface area (Å²) in [7, 11) is -1.23. The Morgan fingerprint density at radius 2 is 1.81 bits per heavy atom. The van der Waals surface area contributed by atoms with E-state index in [2.05, 4.69) is 9.71 Å². The van der Waals surface area contributed by atoms with Gasteiger partial charge in [-0.25, -0.2) is 18.7 Å². The zero-order chi connectivity index (χ0) is 23.0. The Labute approximate surface area is 201 Å². The van der Waals surface area contributed by atoms with Crippen LogP contribution < -0.4 is 4.72 Å². The quantitative estimate of drug-likeness (QED) is 0.515. The molecule has 0 saturated carbocycles. The second-order valence-corrected chi connectivity index (χ2v) is 12.0. The number of rotatable bonds is 5. The molecule has 3 rings (SSSR count). The second-order valence-electron chi connectivity index (χ2n) is 9.09. The molecule has 2 heterocycles. The van der Waals surface area contributed by atoms with Crippen LogP contribution in [0, 0.1) is 0 Å². The molecule has 2 aromatic heterocycles. The minimum Gasteiger partial charge on any atom is -0.443 e. The summed E-state index contributed by atoms with van der Waals surface area (Å²) < 4.78 is 21.6. The largest absolute Gasteiger partial charge is 0.443 e. The van der Waals surface area contributed by atoms with Gasteiger partial charge in [-0.3, -0.25) is 9.36 Å². The minimum atomic E-state index is -1.23. The smallest absolute Gasteiger partial charge is 0.419 e. The number of benzene rings is 1. The topological polar surface area (TPSA) is 90.3 Å². The number of nitrogens with zero attached hydrogens (tertiary/aromatic N) is 2. The van der Waals surface area contributed by atoms with Gasteiger partial charge in [0.05, 0.1) is 39.1 Å². The Morgan fingerprint density at radius 1 is 1.16 bits per heavy atom. The van der Waals surface area contributed by atoms with Gasteiger partial charge < -0.3 is 4.74 Å². The number of para-hydroxylation sites is 1. The van der Waals surface area contributed by atoms with Crippen LogP contribution in [0.25, 0.3) is 10.9 Å². The molecule has 0 aliphatic rings. The number of hydrogen-bond donors (Lipinski definition) is 1. The van der Waals surface area contributed by atoms with Gasteiger partial charge in [0, 0.05) is 17.0 Å². The lowest BCUT2D eigenvalue weighted by Crippen LogP contribution is -2.32. The van der Waals surface area contributed by atoms with Crippen molar-refractivity contribution >= 4 is 58.6 Å². The first-order valence-corrected chi connectivity index (χ1v) is 11.9. The maximum atomic E-state index is 13.2. The van der Waals surface area contributed by atoms with Crippen molar-refractivity contribution < 1.29 is 18.5 Å². The van der Waals surface area contributed by atoms with Crippen LogP contribution in [-0.4, -0.2) is 36.0 Å². The van der Waals surface area contributed by atoms with Crippen LogP contribution >= 0.6 is 24.8 Å². The monoisotopic (exact) mass is 495 g/mol. The van der Waals surface area contributed by atoms with Crippen molar-refractivity contribution in [2.75, 3.05) is 0 Å². The molecule has 1 aromatic carbocycles. The Balaban J connectivity index is 0.00000363. The zero-order valence-electron chi connectivity index (χ0n) is 19.0. The first kappa shape index (κ1) is 26.2. The molecule has 3 aromatic rings. The van der Waals surface area contributed by atoms with Crippen LogP contribution in [0.1, 0.15) is 62.6 Å². The summed E-state index contributed by atoms with van der Waals surface area (Å²) in [6.07, 6.45) is 0.964. The zero-order valence-corrected chi connectivity index (χ0v) is 21.6. The van der Waals surface area contributed by atoms with E-state index in [1.165, 1.54) is 22.1 Å². The standard InChI is InChI=1S/C22H27N3O4S2.H2S/c1-21(2,3)29-20(27)25-12-16(15-9-7-8-10-17(15)25)18(26)19-24-14(13-30-19)11-23-31(28)22(4,5)6;/h7-10,12-13,23H,11H2,1-6H3;1H2/t31-;/m0./s1. The fraction of sp³-hybridized carbons (Fsp3) is 0.409. The van der Waals surface area contributed by atoms with Crippen LogP contribution in [0.4, 0.5) is 4.79 Å². The van der Waals surface area contributed by atoms with Crippen LogP contribution in [0.15, 0.2) is 35.8 Å². The van der Waals surface area contributed by atoms with Gasteiger partial charge in [0.15, 0.2) is 5.01 Å². The molecular weight excluding hydrogens is 466 g/mol.